The van der Waals surface area contributed by atoms with Crippen LogP contribution in [-0.4, -0.2) is 22.8 Å². The van der Waals surface area contributed by atoms with Crippen LogP contribution in [0.5, 0.6) is 5.75 Å². The molecule has 0 aliphatic heterocycles. The predicted octanol–water partition coefficient (Wildman–Crippen LogP) is 2.99. The van der Waals surface area contributed by atoms with E-state index in [4.69, 9.17) is 17.0 Å². The molecule has 0 fully saturated rings. The van der Waals surface area contributed by atoms with Gasteiger partial charge >= 0.3 is 0 Å². The van der Waals surface area contributed by atoms with Crippen molar-refractivity contribution in [3.8, 4) is 5.75 Å². The molecule has 8 heteroatoms. The average molecular weight is 358 g/mol. The monoisotopic (exact) mass is 358 g/mol. The summed E-state index contributed by atoms with van der Waals surface area (Å²) >= 11 is 5.00. The molecule has 0 amide bonds. The number of nitrogens with one attached hydrogen (secondary N) is 2. The molecule has 0 unspecified atom stereocenters. The van der Waals surface area contributed by atoms with E-state index in [-0.39, 0.29) is 12.3 Å². The maximum atomic E-state index is 10.8. The van der Waals surface area contributed by atoms with E-state index in [1.807, 2.05) is 19.1 Å². The molecular formula is C17H18N4O3S. The van der Waals surface area contributed by atoms with Crippen molar-refractivity contribution >= 4 is 29.2 Å². The lowest BCUT2D eigenvalue weighted by molar-refractivity contribution is -0.384. The minimum absolute atomic E-state index is 0.0515. The Morgan fingerprint density at radius 1 is 1.32 bits per heavy atom. The second-order valence-corrected chi connectivity index (χ2v) is 5.42. The predicted molar refractivity (Wildman–Crippen MR) is 101 cm³/mol. The van der Waals surface area contributed by atoms with Gasteiger partial charge in [0.15, 0.2) is 5.11 Å². The highest BCUT2D eigenvalue weighted by molar-refractivity contribution is 7.80. The van der Waals surface area contributed by atoms with Gasteiger partial charge in [-0.3, -0.25) is 15.5 Å². The molecule has 2 N–H and O–H groups in total. The Morgan fingerprint density at radius 3 is 2.76 bits per heavy atom. The van der Waals surface area contributed by atoms with Gasteiger partial charge in [0.25, 0.3) is 5.69 Å². The van der Waals surface area contributed by atoms with Crippen LogP contribution in [0.3, 0.4) is 0 Å². The second-order valence-electron chi connectivity index (χ2n) is 5.01. The molecule has 25 heavy (non-hydrogen) atoms. The van der Waals surface area contributed by atoms with Crippen LogP contribution in [0.15, 0.2) is 53.6 Å². The van der Waals surface area contributed by atoms with Crippen LogP contribution in [0, 0.1) is 10.1 Å². The zero-order valence-corrected chi connectivity index (χ0v) is 14.5. The largest absolute Gasteiger partial charge is 0.489 e. The third-order valence-electron chi connectivity index (χ3n) is 3.12. The van der Waals surface area contributed by atoms with Gasteiger partial charge in [-0.2, -0.15) is 5.10 Å². The molecule has 0 atom stereocenters. The van der Waals surface area contributed by atoms with Crippen LogP contribution in [0.1, 0.15) is 18.1 Å². The van der Waals surface area contributed by atoms with E-state index in [9.17, 15) is 10.1 Å². The topological polar surface area (TPSA) is 88.8 Å². The van der Waals surface area contributed by atoms with Gasteiger partial charge in [-0.25, -0.2) is 0 Å². The highest BCUT2D eigenvalue weighted by Gasteiger charge is 2.05. The molecule has 0 saturated carbocycles. The van der Waals surface area contributed by atoms with Gasteiger partial charge in [-0.05, 0) is 54.5 Å². The summed E-state index contributed by atoms with van der Waals surface area (Å²) in [5, 5.41) is 18.2. The van der Waals surface area contributed by atoms with Crippen molar-refractivity contribution in [3.05, 3.63) is 69.8 Å². The second kappa shape index (κ2) is 9.33. The molecule has 0 aliphatic rings. The highest BCUT2D eigenvalue weighted by Crippen LogP contribution is 2.17. The lowest BCUT2D eigenvalue weighted by atomic mass is 10.2. The molecule has 0 aliphatic carbocycles. The van der Waals surface area contributed by atoms with Gasteiger partial charge in [0.2, 0.25) is 0 Å². The lowest BCUT2D eigenvalue weighted by Gasteiger charge is -2.06. The molecule has 0 spiro atoms. The van der Waals surface area contributed by atoms with Crippen LogP contribution < -0.4 is 15.5 Å². The summed E-state index contributed by atoms with van der Waals surface area (Å²) in [6, 6.07) is 13.7. The first-order valence-electron chi connectivity index (χ1n) is 7.61. The Kier molecular flexibility index (Phi) is 6.85. The van der Waals surface area contributed by atoms with Gasteiger partial charge in [-0.15, -0.1) is 0 Å². The van der Waals surface area contributed by atoms with Crippen LogP contribution in [0.4, 0.5) is 5.69 Å². The highest BCUT2D eigenvalue weighted by atomic mass is 32.1. The van der Waals surface area contributed by atoms with Crippen molar-refractivity contribution in [2.45, 2.75) is 13.5 Å². The summed E-state index contributed by atoms with van der Waals surface area (Å²) in [7, 11) is 0. The van der Waals surface area contributed by atoms with Crippen LogP contribution >= 0.6 is 12.2 Å². The van der Waals surface area contributed by atoms with Crippen molar-refractivity contribution < 1.29 is 9.66 Å². The molecule has 2 aromatic rings. The van der Waals surface area contributed by atoms with E-state index >= 15 is 0 Å². The number of thiocarbonyl (C=S) groups is 1. The van der Waals surface area contributed by atoms with Gasteiger partial charge < -0.3 is 10.1 Å². The molecule has 7 nitrogen and oxygen atoms in total. The number of hydrazone groups is 1. The number of hydrogen-bond donors (Lipinski definition) is 2. The SMILES string of the molecule is CCNC(=S)N/N=C\c1ccc(OCc2cccc([N+](=O)[O-])c2)cc1. The lowest BCUT2D eigenvalue weighted by Crippen LogP contribution is -2.31. The normalized spacial score (nSPS) is 10.4. The first-order chi connectivity index (χ1) is 12.1. The quantitative estimate of drug-likeness (QED) is 0.342. The first kappa shape index (κ1) is 18.3. The Hall–Kier alpha value is -3.00. The number of hydrogen-bond acceptors (Lipinski definition) is 5. The summed E-state index contributed by atoms with van der Waals surface area (Å²) in [5.74, 6) is 0.666. The standard InChI is InChI=1S/C17H18N4O3S/c1-2-18-17(25)20-19-11-13-6-8-16(9-7-13)24-12-14-4-3-5-15(10-14)21(22)23/h3-11H,2,12H2,1H3,(H2,18,20,25)/b19-11-. The van der Waals surface area contributed by atoms with Gasteiger partial charge in [0, 0.05) is 18.7 Å². The molecule has 0 heterocycles. The number of benzene rings is 2. The van der Waals surface area contributed by atoms with Crippen LogP contribution in [-0.2, 0) is 6.61 Å². The molecule has 0 bridgehead atoms. The molecule has 2 aromatic carbocycles. The number of ether oxygens (including phenoxy) is 1. The van der Waals surface area contributed by atoms with Crippen LogP contribution in [0.2, 0.25) is 0 Å². The number of rotatable bonds is 7. The molecule has 0 saturated heterocycles. The zero-order valence-electron chi connectivity index (χ0n) is 13.6. The summed E-state index contributed by atoms with van der Waals surface area (Å²) in [5.41, 5.74) is 4.38. The van der Waals surface area contributed by atoms with Crippen molar-refractivity contribution in [1.82, 2.24) is 10.7 Å². The van der Waals surface area contributed by atoms with E-state index in [2.05, 4.69) is 15.8 Å². The molecule has 0 radical (unpaired) electrons. The fourth-order valence-electron chi connectivity index (χ4n) is 1.94. The number of non-ortho nitro benzene ring substituents is 1. The fraction of sp³-hybridized carbons (Fsp3) is 0.176. The summed E-state index contributed by atoms with van der Waals surface area (Å²) in [6.45, 7) is 2.94. The van der Waals surface area contributed by atoms with Gasteiger partial charge in [0.1, 0.15) is 12.4 Å². The first-order valence-corrected chi connectivity index (χ1v) is 8.02. The summed E-state index contributed by atoms with van der Waals surface area (Å²) in [4.78, 5) is 10.3. The number of nitro groups is 1. The van der Waals surface area contributed by atoms with E-state index in [0.29, 0.717) is 10.9 Å². The van der Waals surface area contributed by atoms with Crippen molar-refractivity contribution in [2.24, 2.45) is 5.10 Å². The fourth-order valence-corrected chi connectivity index (χ4v) is 2.14. The smallest absolute Gasteiger partial charge is 0.269 e. The average Bonchev–Trinajstić information content (AvgIpc) is 2.61. The Balaban J connectivity index is 1.88. The van der Waals surface area contributed by atoms with Crippen LogP contribution in [0.25, 0.3) is 0 Å². The number of nitro benzene ring substituents is 1. The molecule has 0 aromatic heterocycles. The summed E-state index contributed by atoms with van der Waals surface area (Å²) in [6.07, 6.45) is 1.65. The minimum Gasteiger partial charge on any atom is -0.489 e. The maximum absolute atomic E-state index is 10.8. The van der Waals surface area contributed by atoms with Gasteiger partial charge in [0.05, 0.1) is 11.1 Å². The van der Waals surface area contributed by atoms with Crippen molar-refractivity contribution in [2.75, 3.05) is 6.54 Å². The van der Waals surface area contributed by atoms with E-state index in [1.165, 1.54) is 12.1 Å². The molecular weight excluding hydrogens is 340 g/mol. The van der Waals surface area contributed by atoms with Gasteiger partial charge in [-0.1, -0.05) is 12.1 Å². The third kappa shape index (κ3) is 6.19. The Labute approximate surface area is 150 Å². The maximum Gasteiger partial charge on any atom is 0.269 e. The zero-order chi connectivity index (χ0) is 18.1. The molecule has 130 valence electrons. The van der Waals surface area contributed by atoms with Crippen molar-refractivity contribution in [1.29, 1.82) is 0 Å². The Bertz CT molecular complexity index is 763. The van der Waals surface area contributed by atoms with E-state index in [0.717, 1.165) is 17.7 Å². The Morgan fingerprint density at radius 2 is 2.08 bits per heavy atom. The van der Waals surface area contributed by atoms with E-state index < -0.39 is 4.92 Å². The minimum atomic E-state index is -0.423. The molecule has 2 rings (SSSR count). The summed E-state index contributed by atoms with van der Waals surface area (Å²) < 4.78 is 5.64. The third-order valence-corrected chi connectivity index (χ3v) is 3.36. The van der Waals surface area contributed by atoms with E-state index in [1.54, 1.807) is 30.5 Å². The number of nitrogens with zero attached hydrogens (tertiary/aromatic N) is 2. The van der Waals surface area contributed by atoms with Crippen molar-refractivity contribution in [3.63, 3.8) is 0 Å².